The van der Waals surface area contributed by atoms with E-state index < -0.39 is 0 Å². The van der Waals surface area contributed by atoms with Gasteiger partial charge < -0.3 is 5.73 Å². The number of hydrogen-bond donors (Lipinski definition) is 1. The molecule has 0 saturated heterocycles. The van der Waals surface area contributed by atoms with Gasteiger partial charge in [-0.2, -0.15) is 0 Å². The van der Waals surface area contributed by atoms with Crippen molar-refractivity contribution in [3.63, 3.8) is 0 Å². The van der Waals surface area contributed by atoms with Crippen molar-refractivity contribution in [2.75, 3.05) is 0 Å². The van der Waals surface area contributed by atoms with Crippen LogP contribution in [0.3, 0.4) is 0 Å². The number of hydrogen-bond acceptors (Lipinski definition) is 3. The van der Waals surface area contributed by atoms with Gasteiger partial charge in [-0.3, -0.25) is 0 Å². The SMILES string of the molecule is Cc1nc(C(C)(N)C(C)C)sc1C. The maximum absolute atomic E-state index is 6.21. The summed E-state index contributed by atoms with van der Waals surface area (Å²) < 4.78 is 0. The van der Waals surface area contributed by atoms with Gasteiger partial charge in [0.05, 0.1) is 11.2 Å². The maximum atomic E-state index is 6.21. The van der Waals surface area contributed by atoms with Gasteiger partial charge in [0, 0.05) is 4.88 Å². The van der Waals surface area contributed by atoms with Gasteiger partial charge in [0.2, 0.25) is 0 Å². The first-order valence-corrected chi connectivity index (χ1v) is 5.40. The molecule has 3 heteroatoms. The Hall–Kier alpha value is -0.410. The molecule has 0 fully saturated rings. The lowest BCUT2D eigenvalue weighted by Crippen LogP contribution is -2.38. The molecule has 0 saturated carbocycles. The summed E-state index contributed by atoms with van der Waals surface area (Å²) in [5.41, 5.74) is 7.03. The lowest BCUT2D eigenvalue weighted by Gasteiger charge is -2.26. The maximum Gasteiger partial charge on any atom is 0.113 e. The normalized spacial score (nSPS) is 16.2. The summed E-state index contributed by atoms with van der Waals surface area (Å²) in [6.07, 6.45) is 0. The fraction of sp³-hybridized carbons (Fsp3) is 0.700. The second kappa shape index (κ2) is 3.39. The van der Waals surface area contributed by atoms with Gasteiger partial charge in [-0.05, 0) is 26.7 Å². The molecule has 74 valence electrons. The third-order valence-corrected chi connectivity index (χ3v) is 4.01. The molecule has 1 heterocycles. The fourth-order valence-corrected chi connectivity index (χ4v) is 2.07. The Morgan fingerprint density at radius 2 is 1.92 bits per heavy atom. The van der Waals surface area contributed by atoms with Crippen LogP contribution >= 0.6 is 11.3 Å². The van der Waals surface area contributed by atoms with Crippen molar-refractivity contribution >= 4 is 11.3 Å². The van der Waals surface area contributed by atoms with Crippen molar-refractivity contribution in [2.45, 2.75) is 40.2 Å². The van der Waals surface area contributed by atoms with E-state index in [4.69, 9.17) is 5.73 Å². The standard InChI is InChI=1S/C10H18N2S/c1-6(2)10(5,11)9-12-7(3)8(4)13-9/h6H,11H2,1-5H3. The second-order valence-corrected chi connectivity index (χ2v) is 5.30. The molecule has 0 amide bonds. The molecule has 13 heavy (non-hydrogen) atoms. The monoisotopic (exact) mass is 198 g/mol. The molecule has 1 rings (SSSR count). The summed E-state index contributed by atoms with van der Waals surface area (Å²) >= 11 is 1.71. The third-order valence-electron chi connectivity index (χ3n) is 2.69. The van der Waals surface area contributed by atoms with Crippen molar-refractivity contribution in [1.29, 1.82) is 0 Å². The van der Waals surface area contributed by atoms with E-state index in [1.54, 1.807) is 11.3 Å². The summed E-state index contributed by atoms with van der Waals surface area (Å²) in [6, 6.07) is 0. The van der Waals surface area contributed by atoms with Gasteiger partial charge in [-0.15, -0.1) is 11.3 Å². The number of aromatic nitrogens is 1. The molecule has 0 radical (unpaired) electrons. The van der Waals surface area contributed by atoms with E-state index in [1.807, 2.05) is 6.92 Å². The van der Waals surface area contributed by atoms with E-state index in [0.717, 1.165) is 10.7 Å². The highest BCUT2D eigenvalue weighted by molar-refractivity contribution is 7.11. The smallest absolute Gasteiger partial charge is 0.113 e. The minimum Gasteiger partial charge on any atom is -0.319 e. The molecule has 2 N–H and O–H groups in total. The largest absolute Gasteiger partial charge is 0.319 e. The van der Waals surface area contributed by atoms with Crippen LogP contribution in [0.5, 0.6) is 0 Å². The highest BCUT2D eigenvalue weighted by Gasteiger charge is 2.29. The van der Waals surface area contributed by atoms with Gasteiger partial charge in [0.1, 0.15) is 5.01 Å². The summed E-state index contributed by atoms with van der Waals surface area (Å²) in [4.78, 5) is 5.77. The van der Waals surface area contributed by atoms with Crippen LogP contribution in [0.15, 0.2) is 0 Å². The Kier molecular flexibility index (Phi) is 2.78. The highest BCUT2D eigenvalue weighted by atomic mass is 32.1. The average molecular weight is 198 g/mol. The summed E-state index contributed by atoms with van der Waals surface area (Å²) in [5.74, 6) is 0.414. The van der Waals surface area contributed by atoms with Crippen LogP contribution in [0.2, 0.25) is 0 Å². The van der Waals surface area contributed by atoms with Crippen LogP contribution in [-0.2, 0) is 5.54 Å². The molecule has 1 aromatic rings. The topological polar surface area (TPSA) is 38.9 Å². The quantitative estimate of drug-likeness (QED) is 0.793. The van der Waals surface area contributed by atoms with E-state index in [2.05, 4.69) is 32.7 Å². The predicted molar refractivity (Wildman–Crippen MR) is 58.0 cm³/mol. The third kappa shape index (κ3) is 1.92. The summed E-state index contributed by atoms with van der Waals surface area (Å²) in [5, 5.41) is 1.05. The zero-order chi connectivity index (χ0) is 10.2. The molecular formula is C10H18N2S. The van der Waals surface area contributed by atoms with Crippen LogP contribution in [-0.4, -0.2) is 4.98 Å². The van der Waals surface area contributed by atoms with E-state index in [9.17, 15) is 0 Å². The second-order valence-electron chi connectivity index (χ2n) is 4.10. The summed E-state index contributed by atoms with van der Waals surface area (Å²) in [7, 11) is 0. The molecule has 1 unspecified atom stereocenters. The van der Waals surface area contributed by atoms with Crippen LogP contribution in [0.1, 0.15) is 36.3 Å². The molecule has 0 aromatic carbocycles. The lowest BCUT2D eigenvalue weighted by molar-refractivity contribution is 0.349. The molecule has 0 bridgehead atoms. The van der Waals surface area contributed by atoms with Crippen molar-refractivity contribution in [1.82, 2.24) is 4.98 Å². The first kappa shape index (κ1) is 10.7. The zero-order valence-corrected chi connectivity index (χ0v) is 9.83. The highest BCUT2D eigenvalue weighted by Crippen LogP contribution is 2.30. The first-order chi connectivity index (χ1) is 5.85. The van der Waals surface area contributed by atoms with Gasteiger partial charge in [0.25, 0.3) is 0 Å². The number of rotatable bonds is 2. The van der Waals surface area contributed by atoms with Crippen molar-refractivity contribution in [3.8, 4) is 0 Å². The predicted octanol–water partition coefficient (Wildman–Crippen LogP) is 2.59. The molecule has 1 aromatic heterocycles. The molecule has 0 aliphatic carbocycles. The molecule has 0 aliphatic rings. The van der Waals surface area contributed by atoms with Gasteiger partial charge >= 0.3 is 0 Å². The summed E-state index contributed by atoms with van der Waals surface area (Å²) in [6.45, 7) is 10.4. The van der Waals surface area contributed by atoms with Crippen LogP contribution in [0.25, 0.3) is 0 Å². The van der Waals surface area contributed by atoms with Crippen LogP contribution in [0.4, 0.5) is 0 Å². The van der Waals surface area contributed by atoms with E-state index in [0.29, 0.717) is 5.92 Å². The number of nitrogens with two attached hydrogens (primary N) is 1. The Balaban J connectivity index is 3.07. The lowest BCUT2D eigenvalue weighted by atomic mass is 9.90. The van der Waals surface area contributed by atoms with Gasteiger partial charge in [0.15, 0.2) is 0 Å². The molecule has 2 nitrogen and oxygen atoms in total. The molecule has 0 spiro atoms. The Morgan fingerprint density at radius 3 is 2.23 bits per heavy atom. The number of thiazole rings is 1. The minimum absolute atomic E-state index is 0.288. The number of nitrogens with zero attached hydrogens (tertiary/aromatic N) is 1. The Bertz CT molecular complexity index is 280. The van der Waals surface area contributed by atoms with Crippen LogP contribution < -0.4 is 5.73 Å². The Morgan fingerprint density at radius 1 is 1.38 bits per heavy atom. The first-order valence-electron chi connectivity index (χ1n) is 4.59. The minimum atomic E-state index is -0.288. The zero-order valence-electron chi connectivity index (χ0n) is 9.01. The Labute approximate surface area is 84.2 Å². The van der Waals surface area contributed by atoms with E-state index in [1.165, 1.54) is 4.88 Å². The van der Waals surface area contributed by atoms with Gasteiger partial charge in [-0.25, -0.2) is 4.98 Å². The van der Waals surface area contributed by atoms with Crippen molar-refractivity contribution in [3.05, 3.63) is 15.6 Å². The van der Waals surface area contributed by atoms with E-state index >= 15 is 0 Å². The molecule has 1 atom stereocenters. The van der Waals surface area contributed by atoms with Gasteiger partial charge in [-0.1, -0.05) is 13.8 Å². The van der Waals surface area contributed by atoms with Crippen molar-refractivity contribution in [2.24, 2.45) is 11.7 Å². The fourth-order valence-electron chi connectivity index (χ4n) is 0.950. The van der Waals surface area contributed by atoms with Crippen molar-refractivity contribution < 1.29 is 0 Å². The molecular weight excluding hydrogens is 180 g/mol. The average Bonchev–Trinajstić information content (AvgIpc) is 2.32. The molecule has 0 aliphatic heterocycles. The van der Waals surface area contributed by atoms with Crippen LogP contribution in [0, 0.1) is 19.8 Å². The number of aryl methyl sites for hydroxylation is 2. The van der Waals surface area contributed by atoms with E-state index in [-0.39, 0.29) is 5.54 Å².